The van der Waals surface area contributed by atoms with Gasteiger partial charge in [-0.05, 0) is 0 Å². The number of halogens is 6. The fourth-order valence-corrected chi connectivity index (χ4v) is 0.963. The average Bonchev–Trinajstić information content (AvgIpc) is 1.55. The molecule has 0 aliphatic carbocycles. The minimum atomic E-state index is -9.59. The van der Waals surface area contributed by atoms with Gasteiger partial charge in [-0.3, -0.25) is 0 Å². The van der Waals surface area contributed by atoms with Crippen LogP contribution in [-0.4, -0.2) is 11.9 Å². The third kappa shape index (κ3) is 8.44. The van der Waals surface area contributed by atoms with E-state index in [4.69, 9.17) is 0 Å². The summed E-state index contributed by atoms with van der Waals surface area (Å²) < 4.78 is 58.3. The lowest BCUT2D eigenvalue weighted by Crippen LogP contribution is -2.11. The van der Waals surface area contributed by atoms with Crippen LogP contribution in [0.15, 0.2) is 0 Å². The molecule has 0 unspecified atom stereocenters. The van der Waals surface area contributed by atoms with E-state index in [1.807, 2.05) is 0 Å². The van der Waals surface area contributed by atoms with Gasteiger partial charge in [-0.2, -0.15) is 0 Å². The highest BCUT2D eigenvalue weighted by atomic mass is 79.9. The van der Waals surface area contributed by atoms with E-state index in [1.165, 1.54) is 0 Å². The van der Waals surface area contributed by atoms with Crippen molar-refractivity contribution in [2.24, 2.45) is 0 Å². The Bertz CT molecular complexity index is 125. The van der Waals surface area contributed by atoms with Gasteiger partial charge in [-0.15, -0.1) is 0 Å². The summed E-state index contributed by atoms with van der Waals surface area (Å²) in [6, 6.07) is 0. The molecule has 0 amide bonds. The molecule has 0 aliphatic rings. The van der Waals surface area contributed by atoms with Gasteiger partial charge in [-0.25, -0.2) is 4.18 Å². The highest BCUT2D eigenvalue weighted by Crippen LogP contribution is 2.98. The number of hydrogen-bond donors (Lipinski definition) is 0. The SMILES string of the molecule is FS(F)(F)(F)(F)OCCBr. The molecule has 0 bridgehead atoms. The first-order valence-electron chi connectivity index (χ1n) is 1.99. The maximum atomic E-state index is 11.2. The van der Waals surface area contributed by atoms with Gasteiger partial charge in [0.1, 0.15) is 0 Å². The highest BCUT2D eigenvalue weighted by Gasteiger charge is 2.65. The molecular weight excluding hydrogens is 247 g/mol. The predicted molar refractivity (Wildman–Crippen MR) is 32.9 cm³/mol. The standard InChI is InChI=1S/C2H4BrF5OS/c3-1-2-9-10(4,5,6,7)8/h1-2H2. The van der Waals surface area contributed by atoms with Gasteiger partial charge in [0, 0.05) is 5.33 Å². The molecule has 0 saturated heterocycles. The van der Waals surface area contributed by atoms with Crippen LogP contribution in [0.5, 0.6) is 0 Å². The highest BCUT2D eigenvalue weighted by molar-refractivity contribution is 9.09. The minimum absolute atomic E-state index is 0.279. The van der Waals surface area contributed by atoms with Gasteiger partial charge in [0.05, 0.1) is 6.61 Å². The van der Waals surface area contributed by atoms with Crippen LogP contribution in [-0.2, 0) is 4.18 Å². The van der Waals surface area contributed by atoms with Gasteiger partial charge in [0.2, 0.25) is 0 Å². The molecule has 8 heteroatoms. The first kappa shape index (κ1) is 10.4. The van der Waals surface area contributed by atoms with E-state index in [9.17, 15) is 19.4 Å². The second-order valence-electron chi connectivity index (χ2n) is 1.41. The molecule has 0 spiro atoms. The molecule has 0 N–H and O–H groups in total. The third-order valence-corrected chi connectivity index (χ3v) is 1.32. The molecular formula is C2H4BrF5OS. The predicted octanol–water partition coefficient (Wildman–Crippen LogP) is 3.61. The summed E-state index contributed by atoms with van der Waals surface area (Å²) in [7, 11) is -9.59. The van der Waals surface area contributed by atoms with Crippen LogP contribution in [0.3, 0.4) is 0 Å². The minimum Gasteiger partial charge on any atom is -0.239 e. The summed E-state index contributed by atoms with van der Waals surface area (Å²) >= 11 is 2.51. The molecule has 1 nitrogen and oxygen atoms in total. The molecule has 10 heavy (non-hydrogen) atoms. The average molecular weight is 251 g/mol. The van der Waals surface area contributed by atoms with E-state index in [-0.39, 0.29) is 5.33 Å². The maximum absolute atomic E-state index is 11.2. The zero-order chi connectivity index (χ0) is 8.53. The zero-order valence-corrected chi connectivity index (χ0v) is 6.90. The summed E-state index contributed by atoms with van der Waals surface area (Å²) in [6.45, 7) is -1.07. The Hall–Kier alpha value is 0.440. The van der Waals surface area contributed by atoms with E-state index in [1.54, 1.807) is 0 Å². The Balaban J connectivity index is 4.13. The summed E-state index contributed by atoms with van der Waals surface area (Å²) in [5.74, 6) is 0. The Morgan fingerprint density at radius 3 is 1.60 bits per heavy atom. The Morgan fingerprint density at radius 1 is 1.10 bits per heavy atom. The molecule has 66 valence electrons. The molecule has 0 radical (unpaired) electrons. The second-order valence-corrected chi connectivity index (χ2v) is 4.23. The molecule has 0 atom stereocenters. The van der Waals surface area contributed by atoms with Gasteiger partial charge in [0.15, 0.2) is 0 Å². The Morgan fingerprint density at radius 2 is 1.50 bits per heavy atom. The van der Waals surface area contributed by atoms with Crippen molar-refractivity contribution in [2.45, 2.75) is 0 Å². The number of hydrogen-bond acceptors (Lipinski definition) is 1. The smallest absolute Gasteiger partial charge is 0.239 e. The monoisotopic (exact) mass is 250 g/mol. The van der Waals surface area contributed by atoms with Crippen molar-refractivity contribution in [3.05, 3.63) is 0 Å². The molecule has 0 aromatic carbocycles. The largest absolute Gasteiger partial charge is 0.397 e. The normalized spacial score (nSPS) is 19.8. The topological polar surface area (TPSA) is 9.23 Å². The fourth-order valence-electron chi connectivity index (χ4n) is 0.189. The van der Waals surface area contributed by atoms with Crippen molar-refractivity contribution >= 4 is 26.4 Å². The van der Waals surface area contributed by atoms with E-state index in [0.717, 1.165) is 0 Å². The lowest BCUT2D eigenvalue weighted by Gasteiger charge is -2.38. The summed E-state index contributed by atoms with van der Waals surface area (Å²) in [6.07, 6.45) is 0. The quantitative estimate of drug-likeness (QED) is 0.549. The molecule has 0 saturated carbocycles. The molecule has 0 heterocycles. The van der Waals surface area contributed by atoms with Gasteiger partial charge in [0.25, 0.3) is 0 Å². The van der Waals surface area contributed by atoms with Crippen molar-refractivity contribution in [3.8, 4) is 0 Å². The first-order chi connectivity index (χ1) is 4.04. The van der Waals surface area contributed by atoms with Crippen molar-refractivity contribution in [3.63, 3.8) is 0 Å². The zero-order valence-electron chi connectivity index (χ0n) is 4.50. The molecule has 0 fully saturated rings. The molecule has 0 rings (SSSR count). The van der Waals surface area contributed by atoms with Crippen molar-refractivity contribution in [2.75, 3.05) is 11.9 Å². The van der Waals surface area contributed by atoms with E-state index >= 15 is 0 Å². The van der Waals surface area contributed by atoms with Crippen LogP contribution in [0.2, 0.25) is 0 Å². The van der Waals surface area contributed by atoms with Crippen LogP contribution >= 0.6 is 26.4 Å². The Labute approximate surface area is 62.6 Å². The van der Waals surface area contributed by atoms with Gasteiger partial charge in [-0.1, -0.05) is 35.4 Å². The maximum Gasteiger partial charge on any atom is 0.397 e. The van der Waals surface area contributed by atoms with Crippen LogP contribution in [0.25, 0.3) is 0 Å². The van der Waals surface area contributed by atoms with E-state index in [2.05, 4.69) is 20.1 Å². The number of rotatable bonds is 3. The lowest BCUT2D eigenvalue weighted by atomic mass is 10.9. The Kier molecular flexibility index (Phi) is 2.06. The van der Waals surface area contributed by atoms with Gasteiger partial charge >= 0.3 is 10.5 Å². The lowest BCUT2D eigenvalue weighted by molar-refractivity contribution is 0.165. The third-order valence-electron chi connectivity index (χ3n) is 0.383. The first-order valence-corrected chi connectivity index (χ1v) is 4.99. The molecule has 0 aromatic heterocycles. The summed E-state index contributed by atoms with van der Waals surface area (Å²) in [5, 5.41) is -0.279. The fraction of sp³-hybridized carbons (Fsp3) is 1.00. The van der Waals surface area contributed by atoms with Crippen LogP contribution in [0.4, 0.5) is 19.4 Å². The molecule has 0 aliphatic heterocycles. The summed E-state index contributed by atoms with van der Waals surface area (Å²) in [4.78, 5) is 0. The van der Waals surface area contributed by atoms with E-state index < -0.39 is 17.1 Å². The summed E-state index contributed by atoms with van der Waals surface area (Å²) in [5.41, 5.74) is 0. The van der Waals surface area contributed by atoms with Crippen LogP contribution in [0, 0.1) is 0 Å². The van der Waals surface area contributed by atoms with Crippen LogP contribution in [0.1, 0.15) is 0 Å². The van der Waals surface area contributed by atoms with Crippen molar-refractivity contribution < 1.29 is 23.6 Å². The molecule has 0 aromatic rings. The number of alkyl halides is 1. The second kappa shape index (κ2) is 1.98. The van der Waals surface area contributed by atoms with E-state index in [0.29, 0.717) is 0 Å². The van der Waals surface area contributed by atoms with Crippen molar-refractivity contribution in [1.29, 1.82) is 0 Å². The van der Waals surface area contributed by atoms with Crippen molar-refractivity contribution in [1.82, 2.24) is 0 Å². The van der Waals surface area contributed by atoms with Gasteiger partial charge < -0.3 is 0 Å². The van der Waals surface area contributed by atoms with Crippen LogP contribution < -0.4 is 0 Å².